The number of aryl methyl sites for hydroxylation is 1. The number of carbonyl (C=O) groups excluding carboxylic acids is 2. The van der Waals surface area contributed by atoms with Crippen LogP contribution in [0.25, 0.3) is 0 Å². The van der Waals surface area contributed by atoms with Gasteiger partial charge in [0.05, 0.1) is 18.7 Å². The summed E-state index contributed by atoms with van der Waals surface area (Å²) in [7, 11) is -4.82. The van der Waals surface area contributed by atoms with Crippen LogP contribution in [-0.4, -0.2) is 66.1 Å². The van der Waals surface area contributed by atoms with Crippen molar-refractivity contribution in [1.82, 2.24) is 15.4 Å². The molecule has 3 amide bonds. The molecule has 12 heteroatoms. The Bertz CT molecular complexity index is 909. The number of nitrogens with zero attached hydrogens (tertiary/aromatic N) is 2. The number of para-hydroxylation sites is 1. The molecule has 3 aliphatic heterocycles. The van der Waals surface area contributed by atoms with Crippen molar-refractivity contribution in [2.24, 2.45) is 0 Å². The number of urea groups is 1. The summed E-state index contributed by atoms with van der Waals surface area (Å²) in [6.45, 7) is 0.398. The molecule has 3 atom stereocenters. The van der Waals surface area contributed by atoms with E-state index in [9.17, 15) is 18.0 Å². The number of benzene rings is 1. The number of fused-ring (bicyclic) bond motifs is 3. The molecule has 2 bridgehead atoms. The van der Waals surface area contributed by atoms with Gasteiger partial charge in [-0.3, -0.25) is 14.2 Å². The van der Waals surface area contributed by atoms with Crippen molar-refractivity contribution < 1.29 is 31.7 Å². The van der Waals surface area contributed by atoms with Gasteiger partial charge in [0.1, 0.15) is 6.04 Å². The summed E-state index contributed by atoms with van der Waals surface area (Å²) < 4.78 is 35.0. The number of piperidine rings is 1. The maximum absolute atomic E-state index is 12.5. The number of carbonyl (C=O) groups is 2. The van der Waals surface area contributed by atoms with E-state index in [2.05, 4.69) is 21.1 Å². The van der Waals surface area contributed by atoms with Gasteiger partial charge in [0.15, 0.2) is 0 Å². The van der Waals surface area contributed by atoms with E-state index < -0.39 is 34.4 Å². The minimum absolute atomic E-state index is 0.0491. The molecule has 29 heavy (non-hydrogen) atoms. The molecule has 1 aromatic rings. The molecule has 158 valence electrons. The standard InChI is InChI=1S/C17H22N4O7S/c22-16(19-27-10-12-6-5-11-3-1-2-4-14(11)18-12)15-8-7-13-9-20(15)17(23)21(13)28-29(24,25)26/h1-4,12-13,15,18H,5-10H2,(H,19,22)(H,24,25,26). The van der Waals surface area contributed by atoms with Crippen LogP contribution in [0.3, 0.4) is 0 Å². The molecule has 3 N–H and O–H groups in total. The molecule has 3 unspecified atom stereocenters. The smallest absolute Gasteiger partial charge is 0.380 e. The van der Waals surface area contributed by atoms with Crippen molar-refractivity contribution >= 4 is 28.0 Å². The van der Waals surface area contributed by atoms with Gasteiger partial charge in [-0.1, -0.05) is 18.2 Å². The molecule has 4 rings (SSSR count). The van der Waals surface area contributed by atoms with Gasteiger partial charge in [0.25, 0.3) is 5.91 Å². The Morgan fingerprint density at radius 3 is 2.86 bits per heavy atom. The lowest BCUT2D eigenvalue weighted by atomic mass is 9.99. The van der Waals surface area contributed by atoms with Gasteiger partial charge in [0.2, 0.25) is 0 Å². The second kappa shape index (κ2) is 7.78. The van der Waals surface area contributed by atoms with Crippen LogP contribution in [0.1, 0.15) is 24.8 Å². The van der Waals surface area contributed by atoms with Crippen molar-refractivity contribution in [2.45, 2.75) is 43.8 Å². The third-order valence-electron chi connectivity index (χ3n) is 5.40. The summed E-state index contributed by atoms with van der Waals surface area (Å²) in [6.07, 6.45) is 2.47. The molecule has 0 spiro atoms. The lowest BCUT2D eigenvalue weighted by Crippen LogP contribution is -2.50. The second-order valence-corrected chi connectivity index (χ2v) is 8.33. The van der Waals surface area contributed by atoms with E-state index in [1.54, 1.807) is 0 Å². The fourth-order valence-electron chi connectivity index (χ4n) is 4.01. The van der Waals surface area contributed by atoms with Crippen molar-refractivity contribution in [3.8, 4) is 0 Å². The van der Waals surface area contributed by atoms with Gasteiger partial charge in [-0.25, -0.2) is 10.3 Å². The van der Waals surface area contributed by atoms with Crippen LogP contribution in [0.15, 0.2) is 24.3 Å². The summed E-state index contributed by atoms with van der Waals surface area (Å²) >= 11 is 0. The fourth-order valence-corrected chi connectivity index (χ4v) is 4.40. The number of hydrogen-bond donors (Lipinski definition) is 3. The Hall–Kier alpha value is -2.41. The molecule has 1 aromatic carbocycles. The maximum atomic E-state index is 12.5. The third kappa shape index (κ3) is 4.29. The SMILES string of the molecule is O=C(NOCC1CCc2ccccc2N1)C1CCC2CN1C(=O)N2OS(=O)(=O)O. The van der Waals surface area contributed by atoms with E-state index in [4.69, 9.17) is 9.39 Å². The lowest BCUT2D eigenvalue weighted by molar-refractivity contribution is -0.139. The van der Waals surface area contributed by atoms with E-state index in [-0.39, 0.29) is 19.2 Å². The van der Waals surface area contributed by atoms with Gasteiger partial charge in [-0.2, -0.15) is 13.5 Å². The molecule has 0 aliphatic carbocycles. The third-order valence-corrected chi connectivity index (χ3v) is 5.75. The minimum Gasteiger partial charge on any atom is -0.380 e. The zero-order chi connectivity index (χ0) is 20.6. The zero-order valence-corrected chi connectivity index (χ0v) is 16.3. The molecule has 11 nitrogen and oxygen atoms in total. The molecule has 3 aliphatic rings. The van der Waals surface area contributed by atoms with Gasteiger partial charge in [-0.05, 0) is 37.3 Å². The summed E-state index contributed by atoms with van der Waals surface area (Å²) in [5, 5.41) is 3.97. The first-order valence-corrected chi connectivity index (χ1v) is 10.7. The van der Waals surface area contributed by atoms with Crippen molar-refractivity contribution in [2.75, 3.05) is 18.5 Å². The maximum Gasteiger partial charge on any atom is 0.418 e. The molecule has 2 fully saturated rings. The number of amides is 3. The molecule has 2 saturated heterocycles. The highest BCUT2D eigenvalue weighted by Crippen LogP contribution is 2.30. The largest absolute Gasteiger partial charge is 0.418 e. The van der Waals surface area contributed by atoms with Crippen molar-refractivity contribution in [3.05, 3.63) is 29.8 Å². The summed E-state index contributed by atoms with van der Waals surface area (Å²) in [4.78, 5) is 31.4. The van der Waals surface area contributed by atoms with Gasteiger partial charge in [-0.15, -0.1) is 4.28 Å². The highest BCUT2D eigenvalue weighted by molar-refractivity contribution is 7.80. The monoisotopic (exact) mass is 426 g/mol. The first kappa shape index (κ1) is 19.9. The van der Waals surface area contributed by atoms with E-state index >= 15 is 0 Å². The molecular formula is C17H22N4O7S. The fraction of sp³-hybridized carbons (Fsp3) is 0.529. The number of nitrogens with one attached hydrogen (secondary N) is 2. The Morgan fingerprint density at radius 2 is 2.07 bits per heavy atom. The highest BCUT2D eigenvalue weighted by atomic mass is 32.3. The van der Waals surface area contributed by atoms with Crippen LogP contribution >= 0.6 is 0 Å². The Morgan fingerprint density at radius 1 is 1.28 bits per heavy atom. The van der Waals surface area contributed by atoms with Crippen LogP contribution < -0.4 is 10.8 Å². The van der Waals surface area contributed by atoms with E-state index in [1.807, 2.05) is 18.2 Å². The van der Waals surface area contributed by atoms with E-state index in [0.29, 0.717) is 17.9 Å². The van der Waals surface area contributed by atoms with Crippen LogP contribution in [0.4, 0.5) is 10.5 Å². The topological polar surface area (TPSA) is 138 Å². The Balaban J connectivity index is 1.28. The average molecular weight is 426 g/mol. The van der Waals surface area contributed by atoms with E-state index in [0.717, 1.165) is 18.5 Å². The van der Waals surface area contributed by atoms with Gasteiger partial charge in [0, 0.05) is 12.2 Å². The molecule has 0 radical (unpaired) electrons. The molecular weight excluding hydrogens is 404 g/mol. The van der Waals surface area contributed by atoms with Crippen molar-refractivity contribution in [1.29, 1.82) is 0 Å². The lowest BCUT2D eigenvalue weighted by Gasteiger charge is -2.30. The molecule has 0 aromatic heterocycles. The predicted octanol–water partition coefficient (Wildman–Crippen LogP) is 0.464. The first-order valence-electron chi connectivity index (χ1n) is 9.35. The predicted molar refractivity (Wildman–Crippen MR) is 99.7 cm³/mol. The summed E-state index contributed by atoms with van der Waals surface area (Å²) in [5.41, 5.74) is 4.69. The number of hydrogen-bond acceptors (Lipinski definition) is 7. The van der Waals surface area contributed by atoms with Crippen LogP contribution in [0.5, 0.6) is 0 Å². The quantitative estimate of drug-likeness (QED) is 0.441. The highest BCUT2D eigenvalue weighted by Gasteiger charge is 2.49. The average Bonchev–Trinajstić information content (AvgIpc) is 2.91. The molecule has 3 heterocycles. The second-order valence-electron chi connectivity index (χ2n) is 7.32. The van der Waals surface area contributed by atoms with Crippen LogP contribution in [0.2, 0.25) is 0 Å². The van der Waals surface area contributed by atoms with Gasteiger partial charge < -0.3 is 10.2 Å². The van der Waals surface area contributed by atoms with Crippen LogP contribution in [-0.2, 0) is 30.7 Å². The zero-order valence-electron chi connectivity index (χ0n) is 15.5. The molecule has 0 saturated carbocycles. The van der Waals surface area contributed by atoms with Crippen molar-refractivity contribution in [3.63, 3.8) is 0 Å². The summed E-state index contributed by atoms with van der Waals surface area (Å²) in [5.74, 6) is -0.485. The number of rotatable bonds is 6. The first-order chi connectivity index (χ1) is 13.8. The minimum atomic E-state index is -4.82. The number of hydroxylamine groups is 3. The summed E-state index contributed by atoms with van der Waals surface area (Å²) in [6, 6.07) is 5.94. The van der Waals surface area contributed by atoms with E-state index in [1.165, 1.54) is 10.5 Å². The van der Waals surface area contributed by atoms with Crippen LogP contribution in [0, 0.1) is 0 Å². The Labute approximate surface area is 167 Å². The normalized spacial score (nSPS) is 26.1. The Kier molecular flexibility index (Phi) is 5.34. The number of anilines is 1. The van der Waals surface area contributed by atoms with Gasteiger partial charge >= 0.3 is 16.4 Å².